The normalized spacial score (nSPS) is 15.5. The number of carbonyl (C=O) groups is 2. The third kappa shape index (κ3) is 3.55. The molecular weight excluding hydrogens is 282 g/mol. The molecule has 6 heteroatoms. The molecule has 22 heavy (non-hydrogen) atoms. The minimum Gasteiger partial charge on any atom is -0.466 e. The van der Waals surface area contributed by atoms with E-state index in [1.807, 2.05) is 25.9 Å². The number of esters is 1. The van der Waals surface area contributed by atoms with Crippen LogP contribution in [0.1, 0.15) is 30.1 Å². The third-order valence-electron chi connectivity index (χ3n) is 3.84. The average Bonchev–Trinajstić information content (AvgIpc) is 2.54. The molecule has 0 atom stereocenters. The summed E-state index contributed by atoms with van der Waals surface area (Å²) in [6.07, 6.45) is 2.99. The topological polar surface area (TPSA) is 62.7 Å². The number of nitrogens with zero attached hydrogens (tertiary/aromatic N) is 3. The molecular formula is C16H23N3O3. The molecule has 1 aromatic rings. The summed E-state index contributed by atoms with van der Waals surface area (Å²) in [5.41, 5.74) is 0.599. The number of ether oxygens (including phenoxy) is 1. The first-order valence-corrected chi connectivity index (χ1v) is 7.62. The fourth-order valence-electron chi connectivity index (χ4n) is 2.67. The van der Waals surface area contributed by atoms with Crippen molar-refractivity contribution in [1.82, 2.24) is 9.88 Å². The molecule has 1 aromatic heterocycles. The Balaban J connectivity index is 2.03. The quantitative estimate of drug-likeness (QED) is 0.790. The molecule has 2 rings (SSSR count). The number of hydrogen-bond acceptors (Lipinski definition) is 5. The highest BCUT2D eigenvalue weighted by Crippen LogP contribution is 2.23. The van der Waals surface area contributed by atoms with Crippen LogP contribution in [0.5, 0.6) is 0 Å². The molecule has 0 N–H and O–H groups in total. The van der Waals surface area contributed by atoms with Gasteiger partial charge in [0.25, 0.3) is 5.91 Å². The van der Waals surface area contributed by atoms with Gasteiger partial charge in [0.05, 0.1) is 18.1 Å². The van der Waals surface area contributed by atoms with Gasteiger partial charge in [0.1, 0.15) is 5.82 Å². The van der Waals surface area contributed by atoms with Gasteiger partial charge in [-0.1, -0.05) is 0 Å². The Bertz CT molecular complexity index is 537. The van der Waals surface area contributed by atoms with Gasteiger partial charge in [-0.3, -0.25) is 9.59 Å². The highest BCUT2D eigenvalue weighted by molar-refractivity contribution is 5.99. The lowest BCUT2D eigenvalue weighted by Gasteiger charge is -2.31. The van der Waals surface area contributed by atoms with Gasteiger partial charge in [-0.2, -0.15) is 0 Å². The summed E-state index contributed by atoms with van der Waals surface area (Å²) in [6.45, 7) is 3.36. The number of hydrogen-bond donors (Lipinski definition) is 0. The summed E-state index contributed by atoms with van der Waals surface area (Å²) in [5.74, 6) is 0.398. The Hall–Kier alpha value is -2.11. The van der Waals surface area contributed by atoms with Crippen molar-refractivity contribution in [2.45, 2.75) is 19.8 Å². The van der Waals surface area contributed by atoms with Gasteiger partial charge in [0, 0.05) is 33.4 Å². The van der Waals surface area contributed by atoms with Gasteiger partial charge < -0.3 is 14.5 Å². The molecule has 0 spiro atoms. The fourth-order valence-corrected chi connectivity index (χ4v) is 2.67. The van der Waals surface area contributed by atoms with E-state index >= 15 is 0 Å². The van der Waals surface area contributed by atoms with E-state index in [2.05, 4.69) is 4.98 Å². The Morgan fingerprint density at radius 2 is 2.05 bits per heavy atom. The lowest BCUT2D eigenvalue weighted by molar-refractivity contribution is -0.149. The lowest BCUT2D eigenvalue weighted by atomic mass is 9.96. The number of anilines is 1. The molecule has 6 nitrogen and oxygen atoms in total. The van der Waals surface area contributed by atoms with Crippen molar-refractivity contribution in [2.75, 3.05) is 38.7 Å². The maximum absolute atomic E-state index is 12.7. The summed E-state index contributed by atoms with van der Waals surface area (Å²) < 4.78 is 5.05. The van der Waals surface area contributed by atoms with Crippen molar-refractivity contribution in [1.29, 1.82) is 0 Å². The summed E-state index contributed by atoms with van der Waals surface area (Å²) in [4.78, 5) is 32.3. The number of aromatic nitrogens is 1. The molecule has 1 saturated heterocycles. The van der Waals surface area contributed by atoms with Crippen LogP contribution in [0, 0.1) is 5.92 Å². The molecule has 0 bridgehead atoms. The molecule has 2 heterocycles. The summed E-state index contributed by atoms with van der Waals surface area (Å²) in [6, 6.07) is 3.56. The van der Waals surface area contributed by atoms with Crippen LogP contribution in [-0.2, 0) is 9.53 Å². The van der Waals surface area contributed by atoms with E-state index in [4.69, 9.17) is 4.74 Å². The molecule has 0 saturated carbocycles. The largest absolute Gasteiger partial charge is 0.466 e. The number of carbonyl (C=O) groups excluding carboxylic acids is 2. The van der Waals surface area contributed by atoms with E-state index in [1.165, 1.54) is 0 Å². The lowest BCUT2D eigenvalue weighted by Crippen LogP contribution is -2.41. The number of piperidine rings is 1. The van der Waals surface area contributed by atoms with Gasteiger partial charge in [-0.05, 0) is 31.9 Å². The van der Waals surface area contributed by atoms with Crippen LogP contribution in [0.3, 0.4) is 0 Å². The second-order valence-corrected chi connectivity index (χ2v) is 5.59. The predicted molar refractivity (Wildman–Crippen MR) is 83.8 cm³/mol. The number of pyridine rings is 1. The van der Waals surface area contributed by atoms with Gasteiger partial charge in [-0.15, -0.1) is 0 Å². The number of rotatable bonds is 4. The molecule has 1 amide bonds. The van der Waals surface area contributed by atoms with Crippen LogP contribution in [-0.4, -0.2) is 55.6 Å². The van der Waals surface area contributed by atoms with E-state index in [1.54, 1.807) is 23.2 Å². The van der Waals surface area contributed by atoms with E-state index in [-0.39, 0.29) is 17.8 Å². The monoisotopic (exact) mass is 305 g/mol. The SMILES string of the molecule is CCOC(=O)C1CCN(C(=O)c2cccnc2N(C)C)CC1. The van der Waals surface area contributed by atoms with Crippen molar-refractivity contribution >= 4 is 17.7 Å². The molecule has 1 aliphatic rings. The first-order chi connectivity index (χ1) is 10.5. The van der Waals surface area contributed by atoms with Gasteiger partial charge in [0.15, 0.2) is 0 Å². The smallest absolute Gasteiger partial charge is 0.309 e. The minimum atomic E-state index is -0.148. The molecule has 0 radical (unpaired) electrons. The van der Waals surface area contributed by atoms with Crippen molar-refractivity contribution in [3.8, 4) is 0 Å². The number of likely N-dealkylation sites (tertiary alicyclic amines) is 1. The highest BCUT2D eigenvalue weighted by Gasteiger charge is 2.29. The van der Waals surface area contributed by atoms with Gasteiger partial charge in [-0.25, -0.2) is 4.98 Å². The maximum Gasteiger partial charge on any atom is 0.309 e. The average molecular weight is 305 g/mol. The first-order valence-electron chi connectivity index (χ1n) is 7.62. The van der Waals surface area contributed by atoms with Crippen molar-refractivity contribution in [3.63, 3.8) is 0 Å². The van der Waals surface area contributed by atoms with Crippen molar-refractivity contribution in [3.05, 3.63) is 23.9 Å². The van der Waals surface area contributed by atoms with Crippen molar-refractivity contribution in [2.24, 2.45) is 5.92 Å². The summed E-state index contributed by atoms with van der Waals surface area (Å²) in [5, 5.41) is 0. The van der Waals surface area contributed by atoms with Crippen LogP contribution >= 0.6 is 0 Å². The van der Waals surface area contributed by atoms with Crippen molar-refractivity contribution < 1.29 is 14.3 Å². The van der Waals surface area contributed by atoms with Gasteiger partial charge in [0.2, 0.25) is 0 Å². The minimum absolute atomic E-state index is 0.0286. The first kappa shape index (κ1) is 16.3. The predicted octanol–water partition coefficient (Wildman–Crippen LogP) is 1.56. The number of amides is 1. The van der Waals surface area contributed by atoms with Crippen LogP contribution in [0.15, 0.2) is 18.3 Å². The van der Waals surface area contributed by atoms with Crippen LogP contribution in [0.2, 0.25) is 0 Å². The maximum atomic E-state index is 12.7. The fraction of sp³-hybridized carbons (Fsp3) is 0.562. The molecule has 0 unspecified atom stereocenters. The Morgan fingerprint density at radius 1 is 1.36 bits per heavy atom. The molecule has 1 aliphatic heterocycles. The Morgan fingerprint density at radius 3 is 2.64 bits per heavy atom. The standard InChI is InChI=1S/C16H23N3O3/c1-4-22-16(21)12-7-10-19(11-8-12)15(20)13-6-5-9-17-14(13)18(2)3/h5-6,9,12H,4,7-8,10-11H2,1-3H3. The molecule has 0 aromatic carbocycles. The zero-order valence-electron chi connectivity index (χ0n) is 13.4. The van der Waals surface area contributed by atoms with Crippen LogP contribution in [0.4, 0.5) is 5.82 Å². The highest BCUT2D eigenvalue weighted by atomic mass is 16.5. The van der Waals surface area contributed by atoms with E-state index in [9.17, 15) is 9.59 Å². The van der Waals surface area contributed by atoms with Crippen LogP contribution in [0.25, 0.3) is 0 Å². The van der Waals surface area contributed by atoms with E-state index in [0.29, 0.717) is 43.9 Å². The molecule has 120 valence electrons. The van der Waals surface area contributed by atoms with Crippen LogP contribution < -0.4 is 4.90 Å². The second-order valence-electron chi connectivity index (χ2n) is 5.59. The van der Waals surface area contributed by atoms with E-state index < -0.39 is 0 Å². The Labute approximate surface area is 131 Å². The Kier molecular flexibility index (Phi) is 5.35. The second kappa shape index (κ2) is 7.24. The van der Waals surface area contributed by atoms with E-state index in [0.717, 1.165) is 0 Å². The van der Waals surface area contributed by atoms with Gasteiger partial charge >= 0.3 is 5.97 Å². The molecule has 0 aliphatic carbocycles. The summed E-state index contributed by atoms with van der Waals surface area (Å²) in [7, 11) is 3.73. The summed E-state index contributed by atoms with van der Waals surface area (Å²) >= 11 is 0. The third-order valence-corrected chi connectivity index (χ3v) is 3.84. The zero-order valence-corrected chi connectivity index (χ0v) is 13.4. The zero-order chi connectivity index (χ0) is 16.1. The molecule has 1 fully saturated rings.